The quantitative estimate of drug-likeness (QED) is 0.893. The van der Waals surface area contributed by atoms with E-state index in [9.17, 15) is 4.39 Å². The summed E-state index contributed by atoms with van der Waals surface area (Å²) in [4.78, 5) is 0. The van der Waals surface area contributed by atoms with E-state index >= 15 is 0 Å². The maximum atomic E-state index is 13.7. The molecule has 2 aromatic carbocycles. The van der Waals surface area contributed by atoms with E-state index in [1.54, 1.807) is 13.2 Å². The topological polar surface area (TPSA) is 21.3 Å². The third-order valence-corrected chi connectivity index (χ3v) is 3.39. The summed E-state index contributed by atoms with van der Waals surface area (Å²) in [6, 6.07) is 10.9. The number of nitrogens with one attached hydrogen (secondary N) is 1. The van der Waals surface area contributed by atoms with Gasteiger partial charge in [-0.1, -0.05) is 22.0 Å². The lowest BCUT2D eigenvalue weighted by molar-refractivity contribution is 0.412. The third kappa shape index (κ3) is 3.47. The van der Waals surface area contributed by atoms with Gasteiger partial charge in [0.2, 0.25) is 0 Å². The van der Waals surface area contributed by atoms with Gasteiger partial charge in [-0.05, 0) is 42.8 Å². The predicted molar refractivity (Wildman–Crippen MR) is 79.2 cm³/mol. The van der Waals surface area contributed by atoms with E-state index in [4.69, 9.17) is 4.74 Å². The lowest BCUT2D eigenvalue weighted by Gasteiger charge is -2.10. The molecule has 0 spiro atoms. The van der Waals surface area contributed by atoms with Crippen LogP contribution in [0.3, 0.4) is 0 Å². The minimum Gasteiger partial charge on any atom is -0.496 e. The standard InChI is InChI=1S/C15H15BrFNO/c1-10-7-13(5-6-15(10)19-2)18-9-11-3-4-12(16)8-14(11)17/h3-8,18H,9H2,1-2H3. The van der Waals surface area contributed by atoms with Gasteiger partial charge in [0.15, 0.2) is 0 Å². The molecule has 0 bridgehead atoms. The van der Waals surface area contributed by atoms with Gasteiger partial charge in [0.1, 0.15) is 11.6 Å². The van der Waals surface area contributed by atoms with Gasteiger partial charge in [-0.3, -0.25) is 0 Å². The van der Waals surface area contributed by atoms with Crippen LogP contribution in [0.15, 0.2) is 40.9 Å². The van der Waals surface area contributed by atoms with Crippen molar-refractivity contribution in [1.82, 2.24) is 0 Å². The largest absolute Gasteiger partial charge is 0.496 e. The molecule has 0 aromatic heterocycles. The molecular formula is C15H15BrFNO. The van der Waals surface area contributed by atoms with Crippen LogP contribution in [0, 0.1) is 12.7 Å². The van der Waals surface area contributed by atoms with Crippen molar-refractivity contribution >= 4 is 21.6 Å². The number of hydrogen-bond donors (Lipinski definition) is 1. The van der Waals surface area contributed by atoms with Crippen LogP contribution in [0.25, 0.3) is 0 Å². The second-order valence-electron chi connectivity index (χ2n) is 4.27. The summed E-state index contributed by atoms with van der Waals surface area (Å²) in [5, 5.41) is 3.20. The van der Waals surface area contributed by atoms with Crippen molar-refractivity contribution in [1.29, 1.82) is 0 Å². The van der Waals surface area contributed by atoms with Crippen LogP contribution in [-0.4, -0.2) is 7.11 Å². The second kappa shape index (κ2) is 6.06. The van der Waals surface area contributed by atoms with Gasteiger partial charge in [0.05, 0.1) is 7.11 Å². The van der Waals surface area contributed by atoms with Crippen LogP contribution >= 0.6 is 15.9 Å². The highest BCUT2D eigenvalue weighted by molar-refractivity contribution is 9.10. The van der Waals surface area contributed by atoms with Gasteiger partial charge in [0, 0.05) is 22.3 Å². The molecule has 0 heterocycles. The first-order valence-electron chi connectivity index (χ1n) is 5.92. The first kappa shape index (κ1) is 13.9. The van der Waals surface area contributed by atoms with Crippen molar-refractivity contribution in [2.75, 3.05) is 12.4 Å². The molecule has 0 aliphatic rings. The fraction of sp³-hybridized carbons (Fsp3) is 0.200. The zero-order valence-electron chi connectivity index (χ0n) is 10.8. The van der Waals surface area contributed by atoms with E-state index in [1.165, 1.54) is 6.07 Å². The molecule has 19 heavy (non-hydrogen) atoms. The van der Waals surface area contributed by atoms with Crippen LogP contribution in [0.1, 0.15) is 11.1 Å². The molecule has 0 unspecified atom stereocenters. The van der Waals surface area contributed by atoms with Crippen molar-refractivity contribution in [3.05, 3.63) is 57.8 Å². The van der Waals surface area contributed by atoms with E-state index < -0.39 is 0 Å². The van der Waals surface area contributed by atoms with Gasteiger partial charge >= 0.3 is 0 Å². The molecule has 2 rings (SSSR count). The van der Waals surface area contributed by atoms with E-state index in [0.29, 0.717) is 12.1 Å². The molecule has 0 radical (unpaired) electrons. The summed E-state index contributed by atoms with van der Waals surface area (Å²) < 4.78 is 19.6. The van der Waals surface area contributed by atoms with Gasteiger partial charge in [-0.2, -0.15) is 0 Å². The first-order valence-corrected chi connectivity index (χ1v) is 6.72. The van der Waals surface area contributed by atoms with Gasteiger partial charge in [0.25, 0.3) is 0 Å². The van der Waals surface area contributed by atoms with Gasteiger partial charge < -0.3 is 10.1 Å². The summed E-state index contributed by atoms with van der Waals surface area (Å²) in [7, 11) is 1.65. The van der Waals surface area contributed by atoms with E-state index in [-0.39, 0.29) is 5.82 Å². The molecule has 0 fully saturated rings. The Labute approximate surface area is 120 Å². The first-order chi connectivity index (χ1) is 9.10. The molecule has 100 valence electrons. The Morgan fingerprint density at radius 1 is 1.21 bits per heavy atom. The fourth-order valence-corrected chi connectivity index (χ4v) is 2.18. The Morgan fingerprint density at radius 2 is 2.00 bits per heavy atom. The molecule has 0 aliphatic carbocycles. The van der Waals surface area contributed by atoms with Gasteiger partial charge in [-0.25, -0.2) is 4.39 Å². The molecule has 2 nitrogen and oxygen atoms in total. The maximum Gasteiger partial charge on any atom is 0.129 e. The summed E-state index contributed by atoms with van der Waals surface area (Å²) in [6.07, 6.45) is 0. The van der Waals surface area contributed by atoms with Crippen LogP contribution in [-0.2, 0) is 6.54 Å². The fourth-order valence-electron chi connectivity index (χ4n) is 1.85. The Morgan fingerprint density at radius 3 is 2.63 bits per heavy atom. The molecule has 2 aromatic rings. The molecule has 0 saturated heterocycles. The highest BCUT2D eigenvalue weighted by Gasteiger charge is 2.04. The molecule has 0 aliphatic heterocycles. The SMILES string of the molecule is COc1ccc(NCc2ccc(Br)cc2F)cc1C. The monoisotopic (exact) mass is 323 g/mol. The lowest BCUT2D eigenvalue weighted by atomic mass is 10.1. The molecule has 0 atom stereocenters. The van der Waals surface area contributed by atoms with Crippen molar-refractivity contribution in [3.8, 4) is 5.75 Å². The average molecular weight is 324 g/mol. The number of ether oxygens (including phenoxy) is 1. The second-order valence-corrected chi connectivity index (χ2v) is 5.19. The predicted octanol–water partition coefficient (Wildman–Crippen LogP) is 4.52. The molecule has 4 heteroatoms. The number of rotatable bonds is 4. The Kier molecular flexibility index (Phi) is 4.43. The minimum absolute atomic E-state index is 0.216. The number of hydrogen-bond acceptors (Lipinski definition) is 2. The van der Waals surface area contributed by atoms with Crippen molar-refractivity contribution in [2.24, 2.45) is 0 Å². The Hall–Kier alpha value is -1.55. The Bertz CT molecular complexity index is 586. The zero-order valence-corrected chi connectivity index (χ0v) is 12.4. The van der Waals surface area contributed by atoms with Crippen LogP contribution in [0.5, 0.6) is 5.75 Å². The number of anilines is 1. The normalized spacial score (nSPS) is 10.3. The lowest BCUT2D eigenvalue weighted by Crippen LogP contribution is -2.02. The minimum atomic E-state index is -0.216. The highest BCUT2D eigenvalue weighted by Crippen LogP contribution is 2.22. The van der Waals surface area contributed by atoms with Crippen molar-refractivity contribution in [3.63, 3.8) is 0 Å². The van der Waals surface area contributed by atoms with Crippen molar-refractivity contribution in [2.45, 2.75) is 13.5 Å². The maximum absolute atomic E-state index is 13.7. The third-order valence-electron chi connectivity index (χ3n) is 2.89. The van der Waals surface area contributed by atoms with E-state index in [1.807, 2.05) is 31.2 Å². The summed E-state index contributed by atoms with van der Waals surface area (Å²) in [5.41, 5.74) is 2.63. The van der Waals surface area contributed by atoms with Crippen LogP contribution in [0.4, 0.5) is 10.1 Å². The number of halogens is 2. The van der Waals surface area contributed by atoms with E-state index in [0.717, 1.165) is 21.5 Å². The number of benzene rings is 2. The highest BCUT2D eigenvalue weighted by atomic mass is 79.9. The van der Waals surface area contributed by atoms with Crippen LogP contribution in [0.2, 0.25) is 0 Å². The van der Waals surface area contributed by atoms with E-state index in [2.05, 4.69) is 21.2 Å². The molecular weight excluding hydrogens is 309 g/mol. The number of methoxy groups -OCH3 is 1. The average Bonchev–Trinajstić information content (AvgIpc) is 2.38. The summed E-state index contributed by atoms with van der Waals surface area (Å²) in [5.74, 6) is 0.632. The van der Waals surface area contributed by atoms with Crippen LogP contribution < -0.4 is 10.1 Å². The van der Waals surface area contributed by atoms with Gasteiger partial charge in [-0.15, -0.1) is 0 Å². The number of aryl methyl sites for hydroxylation is 1. The Balaban J connectivity index is 2.08. The smallest absolute Gasteiger partial charge is 0.129 e. The molecule has 1 N–H and O–H groups in total. The summed E-state index contributed by atoms with van der Waals surface area (Å²) >= 11 is 3.24. The van der Waals surface area contributed by atoms with Crippen molar-refractivity contribution < 1.29 is 9.13 Å². The summed E-state index contributed by atoms with van der Waals surface area (Å²) in [6.45, 7) is 2.43. The molecule has 0 saturated carbocycles. The molecule has 0 amide bonds. The zero-order chi connectivity index (χ0) is 13.8.